The summed E-state index contributed by atoms with van der Waals surface area (Å²) >= 11 is 0. The first-order valence-corrected chi connectivity index (χ1v) is 4.54. The van der Waals surface area contributed by atoms with Crippen LogP contribution >= 0.6 is 0 Å². The Labute approximate surface area is 83.7 Å². The third-order valence-electron chi connectivity index (χ3n) is 2.32. The molecule has 2 nitrogen and oxygen atoms in total. The van der Waals surface area contributed by atoms with E-state index in [0.29, 0.717) is 5.46 Å². The fourth-order valence-corrected chi connectivity index (χ4v) is 1.71. The van der Waals surface area contributed by atoms with E-state index in [9.17, 15) is 10.0 Å². The lowest BCUT2D eigenvalue weighted by atomic mass is 9.74. The van der Waals surface area contributed by atoms with Crippen molar-refractivity contribution in [2.24, 2.45) is 0 Å². The van der Waals surface area contributed by atoms with Crippen LogP contribution < -0.4 is 10.9 Å². The fraction of sp³-hybridized carbons (Fsp3) is 0. The summed E-state index contributed by atoms with van der Waals surface area (Å²) in [5.74, 6) is 0. The number of hydrogen-bond donors (Lipinski definition) is 2. The van der Waals surface area contributed by atoms with E-state index in [1.54, 1.807) is 6.07 Å². The van der Waals surface area contributed by atoms with Crippen LogP contribution in [0.1, 0.15) is 0 Å². The molecule has 0 unspecified atom stereocenters. The summed E-state index contributed by atoms with van der Waals surface area (Å²) in [6.07, 6.45) is 0. The third kappa shape index (κ3) is 1.54. The molecule has 0 spiro atoms. The lowest BCUT2D eigenvalue weighted by Crippen LogP contribution is -2.33. The van der Waals surface area contributed by atoms with Crippen LogP contribution in [-0.4, -0.2) is 25.0 Å². The SMILES string of the molecule is Bc1cc(B(O)O)c2ccccc2c1. The molecule has 2 N–H and O–H groups in total. The minimum Gasteiger partial charge on any atom is -0.423 e. The van der Waals surface area contributed by atoms with Gasteiger partial charge in [0.25, 0.3) is 0 Å². The van der Waals surface area contributed by atoms with E-state index in [1.165, 1.54) is 0 Å². The Morgan fingerprint density at radius 3 is 2.50 bits per heavy atom. The van der Waals surface area contributed by atoms with Crippen molar-refractivity contribution in [3.63, 3.8) is 0 Å². The van der Waals surface area contributed by atoms with E-state index in [0.717, 1.165) is 16.2 Å². The molecular weight excluding hydrogens is 174 g/mol. The highest BCUT2D eigenvalue weighted by molar-refractivity contribution is 6.62. The highest BCUT2D eigenvalue weighted by atomic mass is 16.4. The molecule has 0 saturated carbocycles. The van der Waals surface area contributed by atoms with E-state index in [1.807, 2.05) is 38.2 Å². The van der Waals surface area contributed by atoms with Crippen LogP contribution in [0.4, 0.5) is 0 Å². The van der Waals surface area contributed by atoms with E-state index < -0.39 is 7.12 Å². The van der Waals surface area contributed by atoms with Crippen molar-refractivity contribution in [3.05, 3.63) is 36.4 Å². The normalized spacial score (nSPS) is 10.4. The minimum atomic E-state index is -1.40. The number of benzene rings is 2. The molecule has 0 aliphatic carbocycles. The summed E-state index contributed by atoms with van der Waals surface area (Å²) in [5.41, 5.74) is 1.60. The summed E-state index contributed by atoms with van der Waals surface area (Å²) in [5, 5.41) is 20.3. The molecular formula is C10H10B2O2. The zero-order valence-corrected chi connectivity index (χ0v) is 7.94. The van der Waals surface area contributed by atoms with Gasteiger partial charge in [-0.1, -0.05) is 41.9 Å². The second kappa shape index (κ2) is 3.48. The summed E-state index contributed by atoms with van der Waals surface area (Å²) < 4.78 is 0. The number of rotatable bonds is 1. The molecule has 0 bridgehead atoms. The zero-order valence-electron chi connectivity index (χ0n) is 7.94. The molecule has 0 fully saturated rings. The van der Waals surface area contributed by atoms with Gasteiger partial charge in [0, 0.05) is 0 Å². The number of hydrogen-bond acceptors (Lipinski definition) is 2. The van der Waals surface area contributed by atoms with Crippen LogP contribution in [0.2, 0.25) is 0 Å². The van der Waals surface area contributed by atoms with E-state index in [4.69, 9.17) is 0 Å². The quantitative estimate of drug-likeness (QED) is 0.545. The van der Waals surface area contributed by atoms with Gasteiger partial charge in [-0.25, -0.2) is 0 Å². The van der Waals surface area contributed by atoms with Gasteiger partial charge < -0.3 is 10.0 Å². The molecule has 0 aromatic heterocycles. The minimum absolute atomic E-state index is 0.570. The molecule has 68 valence electrons. The van der Waals surface area contributed by atoms with Gasteiger partial charge in [0.15, 0.2) is 0 Å². The van der Waals surface area contributed by atoms with E-state index in [-0.39, 0.29) is 0 Å². The number of fused-ring (bicyclic) bond motifs is 1. The van der Waals surface area contributed by atoms with Crippen molar-refractivity contribution >= 4 is 36.7 Å². The second-order valence-electron chi connectivity index (χ2n) is 3.45. The Kier molecular flexibility index (Phi) is 2.32. The van der Waals surface area contributed by atoms with Crippen molar-refractivity contribution in [2.45, 2.75) is 0 Å². The first-order valence-electron chi connectivity index (χ1n) is 4.54. The molecule has 14 heavy (non-hydrogen) atoms. The molecule has 2 rings (SSSR count). The predicted octanol–water partition coefficient (Wildman–Crippen LogP) is -1.22. The first-order chi connectivity index (χ1) is 6.68. The zero-order chi connectivity index (χ0) is 10.1. The molecule has 2 aromatic rings. The Morgan fingerprint density at radius 2 is 1.79 bits per heavy atom. The van der Waals surface area contributed by atoms with Gasteiger partial charge in [-0.05, 0) is 16.2 Å². The van der Waals surface area contributed by atoms with Crippen LogP contribution in [0.15, 0.2) is 36.4 Å². The van der Waals surface area contributed by atoms with Crippen LogP contribution in [0.5, 0.6) is 0 Å². The van der Waals surface area contributed by atoms with Gasteiger partial charge in [-0.15, -0.1) is 0 Å². The average Bonchev–Trinajstić information content (AvgIpc) is 2.16. The van der Waals surface area contributed by atoms with Gasteiger partial charge in [0.05, 0.1) is 0 Å². The molecule has 0 amide bonds. The maximum absolute atomic E-state index is 9.20. The lowest BCUT2D eigenvalue weighted by Gasteiger charge is -2.07. The Morgan fingerprint density at radius 1 is 1.07 bits per heavy atom. The Balaban J connectivity index is 2.80. The van der Waals surface area contributed by atoms with Crippen LogP contribution in [0.25, 0.3) is 10.8 Å². The molecule has 0 aliphatic heterocycles. The van der Waals surface area contributed by atoms with Crippen molar-refractivity contribution in [1.29, 1.82) is 0 Å². The topological polar surface area (TPSA) is 40.5 Å². The summed E-state index contributed by atoms with van der Waals surface area (Å²) in [6.45, 7) is 0. The monoisotopic (exact) mass is 184 g/mol. The van der Waals surface area contributed by atoms with Crippen LogP contribution in [0, 0.1) is 0 Å². The molecule has 2 aromatic carbocycles. The lowest BCUT2D eigenvalue weighted by molar-refractivity contribution is 0.426. The molecule has 0 radical (unpaired) electrons. The van der Waals surface area contributed by atoms with Gasteiger partial charge in [-0.3, -0.25) is 0 Å². The highest BCUT2D eigenvalue weighted by Gasteiger charge is 2.14. The average molecular weight is 184 g/mol. The maximum atomic E-state index is 9.20. The fourth-order valence-electron chi connectivity index (χ4n) is 1.71. The van der Waals surface area contributed by atoms with Crippen LogP contribution in [0.3, 0.4) is 0 Å². The second-order valence-corrected chi connectivity index (χ2v) is 3.45. The summed E-state index contributed by atoms with van der Waals surface area (Å²) in [6, 6.07) is 11.5. The maximum Gasteiger partial charge on any atom is 0.489 e. The predicted molar refractivity (Wildman–Crippen MR) is 62.0 cm³/mol. The van der Waals surface area contributed by atoms with E-state index >= 15 is 0 Å². The Bertz CT molecular complexity index is 469. The van der Waals surface area contributed by atoms with Gasteiger partial charge in [0.2, 0.25) is 0 Å². The molecule has 4 heteroatoms. The van der Waals surface area contributed by atoms with E-state index in [2.05, 4.69) is 0 Å². The van der Waals surface area contributed by atoms with Gasteiger partial charge in [-0.2, -0.15) is 0 Å². The standard InChI is InChI=1S/C10H10B2O2/c11-8-5-7-3-1-2-4-9(7)10(6-8)12(13)14/h1-6,13-14H,11H2. The van der Waals surface area contributed by atoms with Gasteiger partial charge >= 0.3 is 7.12 Å². The largest absolute Gasteiger partial charge is 0.489 e. The molecule has 0 heterocycles. The molecule has 0 saturated heterocycles. The highest BCUT2D eigenvalue weighted by Crippen LogP contribution is 2.09. The van der Waals surface area contributed by atoms with Crippen molar-refractivity contribution in [2.75, 3.05) is 0 Å². The smallest absolute Gasteiger partial charge is 0.423 e. The van der Waals surface area contributed by atoms with Gasteiger partial charge in [0.1, 0.15) is 7.85 Å². The van der Waals surface area contributed by atoms with Crippen molar-refractivity contribution in [3.8, 4) is 0 Å². The summed E-state index contributed by atoms with van der Waals surface area (Å²) in [7, 11) is 0.540. The Hall–Kier alpha value is -1.25. The van der Waals surface area contributed by atoms with Crippen LogP contribution in [-0.2, 0) is 0 Å². The van der Waals surface area contributed by atoms with Crippen molar-refractivity contribution in [1.82, 2.24) is 0 Å². The molecule has 0 aliphatic rings. The first kappa shape index (κ1) is 9.31. The van der Waals surface area contributed by atoms with Crippen molar-refractivity contribution < 1.29 is 10.0 Å². The third-order valence-corrected chi connectivity index (χ3v) is 2.32. The molecule has 0 atom stereocenters. The summed E-state index contributed by atoms with van der Waals surface area (Å²) in [4.78, 5) is 0.